The van der Waals surface area contributed by atoms with Gasteiger partial charge in [0.1, 0.15) is 17.0 Å². The minimum Gasteiger partial charge on any atom is -0.494 e. The standard InChI is InChI=1S/C16H21ClIN8OP.2C2H6/c1-8-21-13-11(7-12(17)23-16(13)26(8)28-18)22-10-6-4-5-9(14(10)27-3)15(19)24-25(2)20;2*1-2/h4-8,21,28H,20H2,1-3H3,(H2,19,24)(H,22,23);2*1-2H3. The van der Waals surface area contributed by atoms with Crippen LogP contribution in [0.1, 0.15) is 40.2 Å². The molecule has 32 heavy (non-hydrogen) atoms. The number of nitrogens with zero attached hydrogens (tertiary/aromatic N) is 4. The van der Waals surface area contributed by atoms with Gasteiger partial charge in [-0.05, 0) is 41.1 Å². The van der Waals surface area contributed by atoms with Gasteiger partial charge in [-0.15, -0.1) is 5.10 Å². The molecule has 0 fully saturated rings. The summed E-state index contributed by atoms with van der Waals surface area (Å²) in [5.74, 6) is 7.18. The van der Waals surface area contributed by atoms with Gasteiger partial charge in [-0.2, -0.15) is 0 Å². The fourth-order valence-electron chi connectivity index (χ4n) is 2.91. The number of hydrazone groups is 1. The number of aromatic nitrogens is 1. The SMILES string of the molecule is CC.CC.COc1c(Nc2cc(Cl)nc3c2NC(C)N3PI)cccc1/C(N)=N/N(C)N. The molecule has 0 radical (unpaired) electrons. The number of methoxy groups -OCH3 is 1. The van der Waals surface area contributed by atoms with Crippen LogP contribution in [0.15, 0.2) is 29.4 Å². The average molecular weight is 595 g/mol. The molecule has 0 aliphatic carbocycles. The van der Waals surface area contributed by atoms with Crippen LogP contribution in [0.2, 0.25) is 5.15 Å². The Morgan fingerprint density at radius 1 is 1.34 bits per heavy atom. The molecule has 2 heterocycles. The van der Waals surface area contributed by atoms with Crippen molar-refractivity contribution < 1.29 is 4.74 Å². The van der Waals surface area contributed by atoms with Crippen LogP contribution in [0, 0.1) is 0 Å². The smallest absolute Gasteiger partial charge is 0.161 e. The zero-order valence-corrected chi connectivity index (χ0v) is 23.4. The van der Waals surface area contributed by atoms with Crippen molar-refractivity contribution in [3.63, 3.8) is 0 Å². The van der Waals surface area contributed by atoms with Crippen LogP contribution < -0.4 is 31.6 Å². The molecule has 0 bridgehead atoms. The van der Waals surface area contributed by atoms with E-state index in [-0.39, 0.29) is 12.0 Å². The van der Waals surface area contributed by atoms with E-state index in [9.17, 15) is 0 Å². The molecule has 0 amide bonds. The molecular weight excluding hydrogens is 562 g/mol. The van der Waals surface area contributed by atoms with Gasteiger partial charge >= 0.3 is 0 Å². The predicted molar refractivity (Wildman–Crippen MR) is 149 cm³/mol. The van der Waals surface area contributed by atoms with E-state index in [0.29, 0.717) is 28.5 Å². The van der Waals surface area contributed by atoms with Crippen molar-refractivity contribution >= 4 is 68.7 Å². The molecule has 1 aromatic heterocycles. The van der Waals surface area contributed by atoms with Crippen LogP contribution in [0.25, 0.3) is 0 Å². The molecular formula is C20H33ClIN8OP. The third-order valence-corrected chi connectivity index (χ3v) is 6.59. The van der Waals surface area contributed by atoms with E-state index in [4.69, 9.17) is 27.9 Å². The molecule has 6 N–H and O–H groups in total. The Morgan fingerprint density at radius 3 is 2.56 bits per heavy atom. The summed E-state index contributed by atoms with van der Waals surface area (Å²) >= 11 is 8.61. The highest BCUT2D eigenvalue weighted by molar-refractivity contribution is 14.2. The first-order valence-corrected chi connectivity index (χ1v) is 14.7. The van der Waals surface area contributed by atoms with E-state index < -0.39 is 0 Å². The van der Waals surface area contributed by atoms with Crippen LogP contribution in [0.3, 0.4) is 0 Å². The van der Waals surface area contributed by atoms with Crippen molar-refractivity contribution in [1.82, 2.24) is 10.1 Å². The first-order valence-electron chi connectivity index (χ1n) is 10.2. The predicted octanol–water partition coefficient (Wildman–Crippen LogP) is 5.49. The first kappa shape index (κ1) is 28.3. The van der Waals surface area contributed by atoms with Gasteiger partial charge in [0.25, 0.3) is 0 Å². The molecule has 9 nitrogen and oxygen atoms in total. The molecule has 1 aliphatic heterocycles. The summed E-state index contributed by atoms with van der Waals surface area (Å²) in [6.07, 6.45) is 0.646. The molecule has 0 saturated heterocycles. The topological polar surface area (TPSA) is 117 Å². The summed E-state index contributed by atoms with van der Waals surface area (Å²) in [7, 11) is 3.17. The highest BCUT2D eigenvalue weighted by atomic mass is 127. The minimum absolute atomic E-state index is 0.118. The second-order valence-electron chi connectivity index (χ2n) is 6.04. The van der Waals surface area contributed by atoms with Gasteiger partial charge in [-0.3, -0.25) is 0 Å². The van der Waals surface area contributed by atoms with Crippen molar-refractivity contribution in [2.24, 2.45) is 16.7 Å². The normalized spacial score (nSPS) is 14.6. The second kappa shape index (κ2) is 13.7. The van der Waals surface area contributed by atoms with Gasteiger partial charge in [-0.1, -0.05) is 45.4 Å². The van der Waals surface area contributed by atoms with E-state index in [1.54, 1.807) is 20.2 Å². The van der Waals surface area contributed by atoms with Crippen molar-refractivity contribution in [1.29, 1.82) is 0 Å². The molecule has 2 aromatic rings. The van der Waals surface area contributed by atoms with Crippen LogP contribution in [0.4, 0.5) is 22.9 Å². The molecule has 2 unspecified atom stereocenters. The lowest BCUT2D eigenvalue weighted by Crippen LogP contribution is -2.26. The molecule has 3 rings (SSSR count). The number of nitrogens with two attached hydrogens (primary N) is 2. The van der Waals surface area contributed by atoms with Crippen LogP contribution in [0.5, 0.6) is 5.75 Å². The quantitative estimate of drug-likeness (QED) is 0.0660. The van der Waals surface area contributed by atoms with Crippen molar-refractivity contribution in [3.05, 3.63) is 35.0 Å². The fourth-order valence-corrected chi connectivity index (χ4v) is 5.49. The number of hydrogen-bond acceptors (Lipinski definition) is 8. The lowest BCUT2D eigenvalue weighted by molar-refractivity contribution is 0.371. The van der Waals surface area contributed by atoms with Crippen molar-refractivity contribution in [3.8, 4) is 5.75 Å². The van der Waals surface area contributed by atoms with E-state index in [1.807, 2.05) is 45.9 Å². The highest BCUT2D eigenvalue weighted by Gasteiger charge is 2.29. The number of nitrogens with one attached hydrogen (secondary N) is 2. The lowest BCUT2D eigenvalue weighted by Gasteiger charge is -2.19. The highest BCUT2D eigenvalue weighted by Crippen LogP contribution is 2.48. The van der Waals surface area contributed by atoms with Gasteiger partial charge in [-0.25, -0.2) is 15.9 Å². The molecule has 1 aromatic carbocycles. The number of halogens is 2. The summed E-state index contributed by atoms with van der Waals surface area (Å²) in [5.41, 5.74) is 9.09. The number of para-hydroxylation sites is 1. The van der Waals surface area contributed by atoms with E-state index in [1.165, 1.54) is 0 Å². The number of amidine groups is 1. The van der Waals surface area contributed by atoms with Crippen LogP contribution >= 0.6 is 40.0 Å². The number of fused-ring (bicyclic) bond motifs is 1. The van der Waals surface area contributed by atoms with E-state index in [0.717, 1.165) is 22.3 Å². The van der Waals surface area contributed by atoms with Crippen molar-refractivity contribution in [2.75, 3.05) is 29.5 Å². The Morgan fingerprint density at radius 2 is 2.00 bits per heavy atom. The van der Waals surface area contributed by atoms with E-state index in [2.05, 4.69) is 54.4 Å². The number of pyridine rings is 1. The third kappa shape index (κ3) is 6.63. The summed E-state index contributed by atoms with van der Waals surface area (Å²) in [4.78, 5) is 4.48. The maximum atomic E-state index is 6.28. The Kier molecular flexibility index (Phi) is 12.1. The van der Waals surface area contributed by atoms with Gasteiger partial charge in [0, 0.05) is 19.5 Å². The van der Waals surface area contributed by atoms with Crippen LogP contribution in [-0.2, 0) is 0 Å². The number of rotatable bonds is 6. The Hall–Kier alpha value is -1.75. The fraction of sp³-hybridized carbons (Fsp3) is 0.400. The Balaban J connectivity index is 0.00000121. The summed E-state index contributed by atoms with van der Waals surface area (Å²) < 4.78 is 7.76. The monoisotopic (exact) mass is 594 g/mol. The maximum Gasteiger partial charge on any atom is 0.161 e. The number of hydrogen-bond donors (Lipinski definition) is 4. The molecule has 1 aliphatic rings. The summed E-state index contributed by atoms with van der Waals surface area (Å²) in [6.45, 7) is 10.1. The lowest BCUT2D eigenvalue weighted by atomic mass is 10.1. The number of benzene rings is 1. The molecule has 12 heteroatoms. The van der Waals surface area contributed by atoms with Gasteiger partial charge in [0.05, 0.1) is 24.0 Å². The Labute approximate surface area is 210 Å². The summed E-state index contributed by atoms with van der Waals surface area (Å²) in [6, 6.07) is 7.34. The Bertz CT molecular complexity index is 915. The first-order chi connectivity index (χ1) is 15.3. The largest absolute Gasteiger partial charge is 0.494 e. The second-order valence-corrected chi connectivity index (χ2v) is 8.52. The minimum atomic E-state index is 0.118. The number of ether oxygens (including phenoxy) is 1. The third-order valence-electron chi connectivity index (χ3n) is 4.06. The van der Waals surface area contributed by atoms with Gasteiger partial charge < -0.3 is 25.8 Å². The zero-order chi connectivity index (χ0) is 24.4. The maximum absolute atomic E-state index is 6.28. The molecule has 0 saturated carbocycles. The molecule has 178 valence electrons. The average Bonchev–Trinajstić information content (AvgIpc) is 3.10. The van der Waals surface area contributed by atoms with Gasteiger partial charge in [0.15, 0.2) is 17.4 Å². The van der Waals surface area contributed by atoms with E-state index >= 15 is 0 Å². The van der Waals surface area contributed by atoms with Gasteiger partial charge in [0.2, 0.25) is 0 Å². The molecule has 0 spiro atoms. The number of anilines is 4. The summed E-state index contributed by atoms with van der Waals surface area (Å²) in [5, 5.41) is 12.4. The zero-order valence-electron chi connectivity index (χ0n) is 19.5. The number of hydrazine groups is 1. The molecule has 2 atom stereocenters. The van der Waals surface area contributed by atoms with Crippen molar-refractivity contribution in [2.45, 2.75) is 40.8 Å². The van der Waals surface area contributed by atoms with Crippen LogP contribution in [-0.4, -0.2) is 36.3 Å².